The summed E-state index contributed by atoms with van der Waals surface area (Å²) in [5, 5.41) is 12.0. The molecule has 0 aliphatic heterocycles. The molecule has 1 aromatic rings. The SMILES string of the molecule is O=C(NCC1CCCCC1C(=O)O)c1ccncc1. The van der Waals surface area contributed by atoms with E-state index in [0.717, 1.165) is 19.3 Å². The minimum atomic E-state index is -0.747. The third-order valence-corrected chi connectivity index (χ3v) is 3.69. The molecule has 1 aromatic heterocycles. The number of carboxylic acids is 1. The molecule has 1 aliphatic rings. The van der Waals surface area contributed by atoms with E-state index in [-0.39, 0.29) is 17.7 Å². The average Bonchev–Trinajstić information content (AvgIpc) is 2.46. The molecule has 0 bridgehead atoms. The molecule has 102 valence electrons. The highest BCUT2D eigenvalue weighted by atomic mass is 16.4. The van der Waals surface area contributed by atoms with Gasteiger partial charge in [-0.15, -0.1) is 0 Å². The van der Waals surface area contributed by atoms with E-state index in [0.29, 0.717) is 18.5 Å². The third-order valence-electron chi connectivity index (χ3n) is 3.69. The summed E-state index contributed by atoms with van der Waals surface area (Å²) in [6, 6.07) is 3.29. The number of nitrogens with zero attached hydrogens (tertiary/aromatic N) is 1. The largest absolute Gasteiger partial charge is 0.481 e. The molecule has 5 heteroatoms. The minimum absolute atomic E-state index is 0.0389. The van der Waals surface area contributed by atoms with Gasteiger partial charge in [-0.2, -0.15) is 0 Å². The molecule has 1 fully saturated rings. The standard InChI is InChI=1S/C14H18N2O3/c17-13(10-5-7-15-8-6-10)16-9-11-3-1-2-4-12(11)14(18)19/h5-8,11-12H,1-4,9H2,(H,16,17)(H,18,19). The van der Waals surface area contributed by atoms with Crippen LogP contribution in [0.15, 0.2) is 24.5 Å². The molecule has 2 N–H and O–H groups in total. The summed E-state index contributed by atoms with van der Waals surface area (Å²) < 4.78 is 0. The lowest BCUT2D eigenvalue weighted by atomic mass is 9.79. The van der Waals surface area contributed by atoms with Gasteiger partial charge in [0.15, 0.2) is 0 Å². The van der Waals surface area contributed by atoms with Crippen LogP contribution >= 0.6 is 0 Å². The molecule has 2 atom stereocenters. The zero-order valence-corrected chi connectivity index (χ0v) is 10.7. The molecular weight excluding hydrogens is 244 g/mol. The molecule has 1 amide bonds. The Balaban J connectivity index is 1.90. The predicted molar refractivity (Wildman–Crippen MR) is 69.7 cm³/mol. The van der Waals surface area contributed by atoms with Crippen molar-refractivity contribution in [3.05, 3.63) is 30.1 Å². The van der Waals surface area contributed by atoms with Crippen LogP contribution in [-0.4, -0.2) is 28.5 Å². The van der Waals surface area contributed by atoms with E-state index >= 15 is 0 Å². The smallest absolute Gasteiger partial charge is 0.306 e. The van der Waals surface area contributed by atoms with Crippen molar-refractivity contribution in [2.75, 3.05) is 6.54 Å². The Labute approximate surface area is 112 Å². The van der Waals surface area contributed by atoms with E-state index in [1.807, 2.05) is 0 Å². The van der Waals surface area contributed by atoms with Crippen LogP contribution in [0.4, 0.5) is 0 Å². The second-order valence-electron chi connectivity index (χ2n) is 4.94. The van der Waals surface area contributed by atoms with Crippen LogP contribution in [0.3, 0.4) is 0 Å². The Morgan fingerprint density at radius 3 is 2.63 bits per heavy atom. The van der Waals surface area contributed by atoms with E-state index in [4.69, 9.17) is 5.11 Å². The molecular formula is C14H18N2O3. The molecule has 0 aromatic carbocycles. The lowest BCUT2D eigenvalue weighted by Gasteiger charge is -2.28. The fraction of sp³-hybridized carbons (Fsp3) is 0.500. The van der Waals surface area contributed by atoms with Gasteiger partial charge < -0.3 is 10.4 Å². The van der Waals surface area contributed by atoms with E-state index in [2.05, 4.69) is 10.3 Å². The maximum absolute atomic E-state index is 11.9. The summed E-state index contributed by atoms with van der Waals surface area (Å²) in [5.41, 5.74) is 0.553. The first-order valence-corrected chi connectivity index (χ1v) is 6.59. The molecule has 0 spiro atoms. The maximum atomic E-state index is 11.9. The van der Waals surface area contributed by atoms with Crippen molar-refractivity contribution >= 4 is 11.9 Å². The van der Waals surface area contributed by atoms with Gasteiger partial charge in [-0.05, 0) is 30.9 Å². The molecule has 19 heavy (non-hydrogen) atoms. The van der Waals surface area contributed by atoms with Gasteiger partial charge in [0, 0.05) is 24.5 Å². The second kappa shape index (κ2) is 6.31. The molecule has 2 rings (SSSR count). The number of carbonyl (C=O) groups excluding carboxylic acids is 1. The molecule has 2 unspecified atom stereocenters. The highest BCUT2D eigenvalue weighted by Crippen LogP contribution is 2.29. The molecule has 5 nitrogen and oxygen atoms in total. The van der Waals surface area contributed by atoms with Crippen LogP contribution in [0.1, 0.15) is 36.0 Å². The molecule has 1 aliphatic carbocycles. The highest BCUT2D eigenvalue weighted by Gasteiger charge is 2.30. The number of carbonyl (C=O) groups is 2. The summed E-state index contributed by atoms with van der Waals surface area (Å²) in [7, 11) is 0. The second-order valence-corrected chi connectivity index (χ2v) is 4.94. The van der Waals surface area contributed by atoms with Gasteiger partial charge in [-0.25, -0.2) is 0 Å². The van der Waals surface area contributed by atoms with Gasteiger partial charge >= 0.3 is 5.97 Å². The highest BCUT2D eigenvalue weighted by molar-refractivity contribution is 5.93. The number of amides is 1. The zero-order chi connectivity index (χ0) is 13.7. The van der Waals surface area contributed by atoms with Crippen molar-refractivity contribution < 1.29 is 14.7 Å². The Kier molecular flexibility index (Phi) is 4.49. The van der Waals surface area contributed by atoms with Gasteiger partial charge in [0.1, 0.15) is 0 Å². The molecule has 0 radical (unpaired) electrons. The number of hydrogen-bond acceptors (Lipinski definition) is 3. The third kappa shape index (κ3) is 3.53. The quantitative estimate of drug-likeness (QED) is 0.865. The fourth-order valence-corrected chi connectivity index (χ4v) is 2.61. The summed E-state index contributed by atoms with van der Waals surface area (Å²) in [5.74, 6) is -1.21. The zero-order valence-electron chi connectivity index (χ0n) is 10.7. The van der Waals surface area contributed by atoms with Crippen LogP contribution in [0.5, 0.6) is 0 Å². The predicted octanol–water partition coefficient (Wildman–Crippen LogP) is 1.70. The lowest BCUT2D eigenvalue weighted by molar-refractivity contribution is -0.144. The van der Waals surface area contributed by atoms with E-state index in [1.54, 1.807) is 24.5 Å². The maximum Gasteiger partial charge on any atom is 0.306 e. The van der Waals surface area contributed by atoms with Crippen LogP contribution in [0, 0.1) is 11.8 Å². The van der Waals surface area contributed by atoms with Crippen molar-refractivity contribution in [3.8, 4) is 0 Å². The minimum Gasteiger partial charge on any atom is -0.481 e. The average molecular weight is 262 g/mol. The van der Waals surface area contributed by atoms with Crippen LogP contribution in [-0.2, 0) is 4.79 Å². The van der Waals surface area contributed by atoms with Gasteiger partial charge in [-0.1, -0.05) is 12.8 Å². The van der Waals surface area contributed by atoms with Crippen molar-refractivity contribution in [2.45, 2.75) is 25.7 Å². The summed E-state index contributed by atoms with van der Waals surface area (Å²) in [6.07, 6.45) is 6.72. The number of aromatic nitrogens is 1. The number of nitrogens with one attached hydrogen (secondary N) is 1. The summed E-state index contributed by atoms with van der Waals surface area (Å²) in [4.78, 5) is 26.9. The normalized spacial score (nSPS) is 22.7. The first-order valence-electron chi connectivity index (χ1n) is 6.59. The van der Waals surface area contributed by atoms with Crippen LogP contribution in [0.2, 0.25) is 0 Å². The van der Waals surface area contributed by atoms with Gasteiger partial charge in [0.25, 0.3) is 5.91 Å². The Hall–Kier alpha value is -1.91. The number of carboxylic acid groups (broad SMARTS) is 1. The van der Waals surface area contributed by atoms with Crippen LogP contribution < -0.4 is 5.32 Å². The van der Waals surface area contributed by atoms with Crippen molar-refractivity contribution in [1.29, 1.82) is 0 Å². The summed E-state index contributed by atoms with van der Waals surface area (Å²) in [6.45, 7) is 0.429. The van der Waals surface area contributed by atoms with Gasteiger partial charge in [0.2, 0.25) is 0 Å². The van der Waals surface area contributed by atoms with Crippen LogP contribution in [0.25, 0.3) is 0 Å². The lowest BCUT2D eigenvalue weighted by Crippen LogP contribution is -2.37. The van der Waals surface area contributed by atoms with E-state index in [9.17, 15) is 9.59 Å². The van der Waals surface area contributed by atoms with Crippen molar-refractivity contribution in [2.24, 2.45) is 11.8 Å². The monoisotopic (exact) mass is 262 g/mol. The number of rotatable bonds is 4. The van der Waals surface area contributed by atoms with Gasteiger partial charge in [-0.3, -0.25) is 14.6 Å². The number of pyridine rings is 1. The van der Waals surface area contributed by atoms with E-state index in [1.165, 1.54) is 0 Å². The number of hydrogen-bond donors (Lipinski definition) is 2. The molecule has 0 saturated heterocycles. The van der Waals surface area contributed by atoms with Crippen molar-refractivity contribution in [1.82, 2.24) is 10.3 Å². The number of aliphatic carboxylic acids is 1. The van der Waals surface area contributed by atoms with E-state index < -0.39 is 5.97 Å². The van der Waals surface area contributed by atoms with Gasteiger partial charge in [0.05, 0.1) is 5.92 Å². The first-order chi connectivity index (χ1) is 9.18. The molecule has 1 heterocycles. The van der Waals surface area contributed by atoms with Crippen molar-refractivity contribution in [3.63, 3.8) is 0 Å². The Morgan fingerprint density at radius 1 is 1.26 bits per heavy atom. The Morgan fingerprint density at radius 2 is 1.95 bits per heavy atom. The summed E-state index contributed by atoms with van der Waals surface area (Å²) >= 11 is 0. The first kappa shape index (κ1) is 13.5. The topological polar surface area (TPSA) is 79.3 Å². The Bertz CT molecular complexity index is 447. The fourth-order valence-electron chi connectivity index (χ4n) is 2.61. The molecule has 1 saturated carbocycles.